The molecule has 138 valence electrons. The summed E-state index contributed by atoms with van der Waals surface area (Å²) >= 11 is 0. The number of nitrogens with zero attached hydrogens (tertiary/aromatic N) is 4. The van der Waals surface area contributed by atoms with Gasteiger partial charge in [-0.15, -0.1) is 0 Å². The maximum absolute atomic E-state index is 5.54. The number of allylic oxidation sites excluding steroid dienone is 1. The first kappa shape index (κ1) is 18.3. The smallest absolute Gasteiger partial charge is 0.154 e. The highest BCUT2D eigenvalue weighted by molar-refractivity contribution is 6.72. The standard InChI is InChI=1S/C20H27N5O/c1-4-23-19-18(21-2)14-17(24-20(19)22-3)15-6-8-16(9-7-15)25-10-5-12-26-13-11-25/h6-9,14H,4-5,10-13H2,1-3H3,(H,22,24)/b21-18-,23-19+. The predicted molar refractivity (Wildman–Crippen MR) is 110 cm³/mol. The zero-order valence-corrected chi connectivity index (χ0v) is 15.8. The molecule has 6 nitrogen and oxygen atoms in total. The Morgan fingerprint density at radius 3 is 2.69 bits per heavy atom. The Morgan fingerprint density at radius 2 is 2.00 bits per heavy atom. The molecule has 1 N–H and O–H groups in total. The molecular weight excluding hydrogens is 326 g/mol. The summed E-state index contributed by atoms with van der Waals surface area (Å²) in [5.41, 5.74) is 4.88. The van der Waals surface area contributed by atoms with E-state index in [9.17, 15) is 0 Å². The Kier molecular flexibility index (Phi) is 6.17. The van der Waals surface area contributed by atoms with Gasteiger partial charge in [0.1, 0.15) is 5.71 Å². The average Bonchev–Trinajstić information content (AvgIpc) is 2.98. The highest BCUT2D eigenvalue weighted by atomic mass is 16.5. The number of benzene rings is 1. The van der Waals surface area contributed by atoms with Crippen LogP contribution >= 0.6 is 0 Å². The van der Waals surface area contributed by atoms with E-state index in [1.807, 2.05) is 20.0 Å². The summed E-state index contributed by atoms with van der Waals surface area (Å²) in [5, 5.41) is 3.15. The monoisotopic (exact) mass is 353 g/mol. The SMILES string of the molecule is CC/N=C1/C(NC)=NC(c2ccc(N3CCCOCC3)cc2)=C/C1=N/C. The van der Waals surface area contributed by atoms with Crippen LogP contribution in [-0.2, 0) is 4.74 Å². The topological polar surface area (TPSA) is 61.6 Å². The van der Waals surface area contributed by atoms with Gasteiger partial charge in [0.15, 0.2) is 5.84 Å². The number of amidine groups is 1. The molecule has 1 aromatic rings. The Morgan fingerprint density at radius 1 is 1.19 bits per heavy atom. The summed E-state index contributed by atoms with van der Waals surface area (Å²) < 4.78 is 5.54. The third kappa shape index (κ3) is 4.02. The molecule has 2 aliphatic rings. The van der Waals surface area contributed by atoms with Gasteiger partial charge in [0, 0.05) is 51.6 Å². The Bertz CT molecular complexity index is 738. The van der Waals surface area contributed by atoms with Crippen molar-refractivity contribution in [1.82, 2.24) is 5.32 Å². The molecule has 0 spiro atoms. The number of nitrogens with one attached hydrogen (secondary N) is 1. The Labute approximate surface area is 155 Å². The zero-order chi connectivity index (χ0) is 18.4. The van der Waals surface area contributed by atoms with Gasteiger partial charge < -0.3 is 15.0 Å². The van der Waals surface area contributed by atoms with Gasteiger partial charge in [0.25, 0.3) is 0 Å². The second-order valence-electron chi connectivity index (χ2n) is 6.17. The normalized spacial score (nSPS) is 21.4. The van der Waals surface area contributed by atoms with E-state index >= 15 is 0 Å². The molecule has 0 atom stereocenters. The zero-order valence-electron chi connectivity index (χ0n) is 15.8. The molecule has 26 heavy (non-hydrogen) atoms. The fraction of sp³-hybridized carbons (Fsp3) is 0.450. The molecule has 0 saturated carbocycles. The summed E-state index contributed by atoms with van der Waals surface area (Å²) in [5.74, 6) is 0.763. The highest BCUT2D eigenvalue weighted by Gasteiger charge is 2.20. The molecule has 1 aromatic carbocycles. The predicted octanol–water partition coefficient (Wildman–Crippen LogP) is 2.42. The van der Waals surface area contributed by atoms with Gasteiger partial charge in [-0.05, 0) is 31.6 Å². The van der Waals surface area contributed by atoms with Crippen LogP contribution in [0.1, 0.15) is 18.9 Å². The fourth-order valence-corrected chi connectivity index (χ4v) is 3.18. The molecule has 1 saturated heterocycles. The van der Waals surface area contributed by atoms with Gasteiger partial charge >= 0.3 is 0 Å². The summed E-state index contributed by atoms with van der Waals surface area (Å²) in [7, 11) is 3.66. The molecule has 0 unspecified atom stereocenters. The summed E-state index contributed by atoms with van der Waals surface area (Å²) in [4.78, 5) is 16.0. The average molecular weight is 353 g/mol. The lowest BCUT2D eigenvalue weighted by atomic mass is 10.0. The number of aliphatic imine (C=N–C) groups is 3. The first-order valence-corrected chi connectivity index (χ1v) is 9.20. The molecule has 0 amide bonds. The van der Waals surface area contributed by atoms with Crippen molar-refractivity contribution in [2.24, 2.45) is 15.0 Å². The van der Waals surface area contributed by atoms with E-state index in [0.717, 1.165) is 61.2 Å². The molecule has 3 rings (SSSR count). The third-order valence-electron chi connectivity index (χ3n) is 4.52. The van der Waals surface area contributed by atoms with Crippen LogP contribution < -0.4 is 10.2 Å². The minimum Gasteiger partial charge on any atom is -0.380 e. The third-order valence-corrected chi connectivity index (χ3v) is 4.52. The van der Waals surface area contributed by atoms with Crippen LogP contribution in [0.4, 0.5) is 5.69 Å². The van der Waals surface area contributed by atoms with E-state index in [1.54, 1.807) is 7.05 Å². The van der Waals surface area contributed by atoms with E-state index in [4.69, 9.17) is 9.73 Å². The van der Waals surface area contributed by atoms with Crippen LogP contribution in [-0.4, -0.2) is 64.2 Å². The molecule has 1 fully saturated rings. The van der Waals surface area contributed by atoms with Gasteiger partial charge in [0.05, 0.1) is 18.0 Å². The largest absolute Gasteiger partial charge is 0.380 e. The Hall–Kier alpha value is -2.47. The van der Waals surface area contributed by atoms with Crippen molar-refractivity contribution < 1.29 is 4.74 Å². The van der Waals surface area contributed by atoms with Crippen molar-refractivity contribution in [3.63, 3.8) is 0 Å². The van der Waals surface area contributed by atoms with Crippen LogP contribution in [0.25, 0.3) is 5.70 Å². The number of hydrogen-bond donors (Lipinski definition) is 1. The minimum absolute atomic E-state index is 0.701. The maximum Gasteiger partial charge on any atom is 0.154 e. The van der Waals surface area contributed by atoms with Crippen LogP contribution in [0.3, 0.4) is 0 Å². The minimum atomic E-state index is 0.701. The summed E-state index contributed by atoms with van der Waals surface area (Å²) in [6, 6.07) is 8.57. The first-order valence-electron chi connectivity index (χ1n) is 9.20. The quantitative estimate of drug-likeness (QED) is 0.908. The number of ether oxygens (including phenoxy) is 1. The first-order chi connectivity index (χ1) is 12.8. The number of rotatable bonds is 3. The summed E-state index contributed by atoms with van der Waals surface area (Å²) in [6.45, 7) is 6.33. The molecule has 0 bridgehead atoms. The van der Waals surface area contributed by atoms with Gasteiger partial charge in [-0.1, -0.05) is 12.1 Å². The van der Waals surface area contributed by atoms with Crippen molar-refractivity contribution in [3.8, 4) is 0 Å². The molecule has 2 heterocycles. The van der Waals surface area contributed by atoms with Crippen LogP contribution in [0.5, 0.6) is 0 Å². The van der Waals surface area contributed by atoms with Crippen molar-refractivity contribution in [3.05, 3.63) is 35.9 Å². The van der Waals surface area contributed by atoms with Crippen LogP contribution in [0.2, 0.25) is 0 Å². The second-order valence-corrected chi connectivity index (χ2v) is 6.17. The highest BCUT2D eigenvalue weighted by Crippen LogP contribution is 2.24. The van der Waals surface area contributed by atoms with Crippen molar-refractivity contribution in [1.29, 1.82) is 0 Å². The number of anilines is 1. The maximum atomic E-state index is 5.54. The lowest BCUT2D eigenvalue weighted by Gasteiger charge is -2.22. The molecule has 0 aliphatic carbocycles. The van der Waals surface area contributed by atoms with Gasteiger partial charge in [-0.3, -0.25) is 9.98 Å². The second kappa shape index (κ2) is 8.76. The van der Waals surface area contributed by atoms with Crippen LogP contribution in [0, 0.1) is 0 Å². The van der Waals surface area contributed by atoms with Crippen molar-refractivity contribution in [2.75, 3.05) is 51.8 Å². The van der Waals surface area contributed by atoms with E-state index in [0.29, 0.717) is 6.54 Å². The summed E-state index contributed by atoms with van der Waals surface area (Å²) in [6.07, 6.45) is 3.07. The lowest BCUT2D eigenvalue weighted by molar-refractivity contribution is 0.152. The van der Waals surface area contributed by atoms with Gasteiger partial charge in [-0.2, -0.15) is 0 Å². The van der Waals surface area contributed by atoms with E-state index in [-0.39, 0.29) is 0 Å². The van der Waals surface area contributed by atoms with Gasteiger partial charge in [0.2, 0.25) is 0 Å². The van der Waals surface area contributed by atoms with Crippen LogP contribution in [0.15, 0.2) is 45.3 Å². The van der Waals surface area contributed by atoms with Crippen molar-refractivity contribution in [2.45, 2.75) is 13.3 Å². The van der Waals surface area contributed by atoms with Crippen molar-refractivity contribution >= 4 is 28.6 Å². The number of hydrogen-bond acceptors (Lipinski definition) is 6. The Balaban J connectivity index is 1.86. The molecule has 2 aliphatic heterocycles. The van der Waals surface area contributed by atoms with E-state index in [2.05, 4.69) is 44.5 Å². The molecule has 0 radical (unpaired) electrons. The lowest BCUT2D eigenvalue weighted by Crippen LogP contribution is -2.35. The van der Waals surface area contributed by atoms with E-state index in [1.165, 1.54) is 5.69 Å². The fourth-order valence-electron chi connectivity index (χ4n) is 3.18. The molecule has 6 heteroatoms. The van der Waals surface area contributed by atoms with Gasteiger partial charge in [-0.25, -0.2) is 4.99 Å². The molecular formula is C20H27N5O. The van der Waals surface area contributed by atoms with E-state index < -0.39 is 0 Å². The molecule has 0 aromatic heterocycles.